The number of alkyl carbamates (subject to hydrolysis) is 1. The molecule has 15 nitrogen and oxygen atoms in total. The molecule has 2 heterocycles. The van der Waals surface area contributed by atoms with E-state index in [4.69, 9.17) is 9.47 Å². The number of rotatable bonds is 11. The molecule has 1 saturated heterocycles. The van der Waals surface area contributed by atoms with Crippen LogP contribution in [0.2, 0.25) is 0 Å². The Morgan fingerprint density at radius 3 is 2.25 bits per heavy atom. The fourth-order valence-corrected chi connectivity index (χ4v) is 7.76. The molecule has 0 bridgehead atoms. The standard InChI is InChI=1S/C37H50N6O9S/c1-9-23-20-37(23,32(46)41-53(49,50)25-13-14-25)40-30(44)28-19-24(21-43(28)31(45)29(35(3,4)5)39-34(48)52-36(6,7)8)51-33(47)38-26-18-22(2)12-15-27(26)42-16-10-11-17-42/h9-12,15-18,23-25,28-29H,1,13-14,19-21H2,2-8H3,(H,38,47)(H,39,48)(H,40,44)(H,41,46)/t23?,24-,28+,29-,37?/m1/s1. The highest BCUT2D eigenvalue weighted by molar-refractivity contribution is 7.91. The Labute approximate surface area is 310 Å². The number of aryl methyl sites for hydroxylation is 1. The Bertz CT molecular complexity index is 1880. The summed E-state index contributed by atoms with van der Waals surface area (Å²) in [6.45, 7) is 15.7. The van der Waals surface area contributed by atoms with Gasteiger partial charge in [-0.3, -0.25) is 24.4 Å². The summed E-state index contributed by atoms with van der Waals surface area (Å²) in [6.07, 6.45) is 3.30. The second kappa shape index (κ2) is 14.5. The minimum atomic E-state index is -3.93. The van der Waals surface area contributed by atoms with Gasteiger partial charge in [0.05, 0.1) is 23.2 Å². The lowest BCUT2D eigenvalue weighted by Gasteiger charge is -2.36. The number of nitrogens with zero attached hydrogens (tertiary/aromatic N) is 2. The third-order valence-corrected chi connectivity index (χ3v) is 11.2. The van der Waals surface area contributed by atoms with E-state index in [1.165, 1.54) is 11.0 Å². The van der Waals surface area contributed by atoms with Gasteiger partial charge in [-0.05, 0) is 82.2 Å². The summed E-state index contributed by atoms with van der Waals surface area (Å²) in [5.74, 6) is -2.85. The van der Waals surface area contributed by atoms with Gasteiger partial charge in [0.2, 0.25) is 21.8 Å². The highest BCUT2D eigenvalue weighted by Gasteiger charge is 2.62. The van der Waals surface area contributed by atoms with Gasteiger partial charge in [0.1, 0.15) is 29.3 Å². The summed E-state index contributed by atoms with van der Waals surface area (Å²) in [6, 6.07) is 6.78. The number of hydrogen-bond donors (Lipinski definition) is 4. The fourth-order valence-electron chi connectivity index (χ4n) is 6.40. The van der Waals surface area contributed by atoms with E-state index in [0.717, 1.165) is 5.56 Å². The third-order valence-electron chi connectivity index (χ3n) is 9.42. The first kappa shape index (κ1) is 39.3. The minimum absolute atomic E-state index is 0.0995. The van der Waals surface area contributed by atoms with E-state index in [1.807, 2.05) is 48.1 Å². The Morgan fingerprint density at radius 2 is 1.68 bits per heavy atom. The molecule has 1 aliphatic heterocycles. The number of sulfonamides is 1. The van der Waals surface area contributed by atoms with Gasteiger partial charge in [0.15, 0.2) is 0 Å². The Balaban J connectivity index is 1.40. The van der Waals surface area contributed by atoms with Crippen LogP contribution in [0.15, 0.2) is 55.4 Å². The second-order valence-corrected chi connectivity index (χ2v) is 18.1. The summed E-state index contributed by atoms with van der Waals surface area (Å²) in [5.41, 5.74) is -1.29. The molecule has 1 aromatic heterocycles. The van der Waals surface area contributed by atoms with Crippen LogP contribution in [0.1, 0.15) is 72.8 Å². The first-order valence-corrected chi connectivity index (χ1v) is 19.2. The van der Waals surface area contributed by atoms with E-state index in [-0.39, 0.29) is 19.4 Å². The average molecular weight is 755 g/mol. The molecule has 2 aromatic rings. The summed E-state index contributed by atoms with van der Waals surface area (Å²) in [5, 5.41) is 7.48. The van der Waals surface area contributed by atoms with Crippen molar-refractivity contribution in [3.8, 4) is 5.69 Å². The largest absolute Gasteiger partial charge is 0.444 e. The van der Waals surface area contributed by atoms with Crippen LogP contribution >= 0.6 is 0 Å². The van der Waals surface area contributed by atoms with Gasteiger partial charge >= 0.3 is 12.2 Å². The van der Waals surface area contributed by atoms with Crippen molar-refractivity contribution < 1.29 is 41.9 Å². The van der Waals surface area contributed by atoms with Gasteiger partial charge in [0.25, 0.3) is 5.91 Å². The van der Waals surface area contributed by atoms with E-state index >= 15 is 0 Å². The fraction of sp³-hybridized carbons (Fsp3) is 0.541. The molecule has 16 heteroatoms. The second-order valence-electron chi connectivity index (χ2n) is 16.1. The number of carbonyl (C=O) groups excluding carboxylic acids is 5. The van der Waals surface area contributed by atoms with Crippen molar-refractivity contribution in [2.45, 2.75) is 109 Å². The summed E-state index contributed by atoms with van der Waals surface area (Å²) in [4.78, 5) is 69.5. The van der Waals surface area contributed by atoms with Gasteiger partial charge in [-0.2, -0.15) is 0 Å². The monoisotopic (exact) mass is 754 g/mol. The Morgan fingerprint density at radius 1 is 1.02 bits per heavy atom. The van der Waals surface area contributed by atoms with Gasteiger partial charge in [0, 0.05) is 24.7 Å². The zero-order chi connectivity index (χ0) is 39.1. The molecule has 4 N–H and O–H groups in total. The molecule has 5 amide bonds. The lowest BCUT2D eigenvalue weighted by Crippen LogP contribution is -2.60. The molecule has 2 aliphatic carbocycles. The van der Waals surface area contributed by atoms with E-state index in [2.05, 4.69) is 27.3 Å². The van der Waals surface area contributed by atoms with Crippen LogP contribution in [-0.2, 0) is 33.9 Å². The Kier molecular flexibility index (Phi) is 10.8. The Hall–Kier alpha value is -4.86. The smallest absolute Gasteiger partial charge is 0.412 e. The molecule has 5 atom stereocenters. The van der Waals surface area contributed by atoms with Gasteiger partial charge in [-0.15, -0.1) is 6.58 Å². The van der Waals surface area contributed by atoms with Crippen LogP contribution in [0.5, 0.6) is 0 Å². The molecule has 0 spiro atoms. The highest BCUT2D eigenvalue weighted by Crippen LogP contribution is 2.45. The number of nitrogens with one attached hydrogen (secondary N) is 4. The van der Waals surface area contributed by atoms with Crippen LogP contribution in [0.3, 0.4) is 0 Å². The maximum Gasteiger partial charge on any atom is 0.412 e. The molecule has 2 saturated carbocycles. The topological polar surface area (TPSA) is 194 Å². The van der Waals surface area contributed by atoms with E-state index < -0.39 is 85.8 Å². The lowest BCUT2D eigenvalue weighted by molar-refractivity contribution is -0.143. The van der Waals surface area contributed by atoms with Crippen LogP contribution in [0.4, 0.5) is 15.3 Å². The van der Waals surface area contributed by atoms with E-state index in [0.29, 0.717) is 24.2 Å². The van der Waals surface area contributed by atoms with Crippen molar-refractivity contribution in [3.05, 3.63) is 60.9 Å². The number of hydrogen-bond acceptors (Lipinski definition) is 9. The van der Waals surface area contributed by atoms with Crippen molar-refractivity contribution >= 4 is 45.6 Å². The van der Waals surface area contributed by atoms with Crippen molar-refractivity contribution in [2.24, 2.45) is 11.3 Å². The van der Waals surface area contributed by atoms with E-state index in [1.54, 1.807) is 47.6 Å². The third kappa shape index (κ3) is 9.21. The zero-order valence-electron chi connectivity index (χ0n) is 31.2. The molecule has 3 fully saturated rings. The molecule has 3 aliphatic rings. The number of anilines is 1. The number of amides is 5. The van der Waals surface area contributed by atoms with Gasteiger partial charge in [-0.1, -0.05) is 32.9 Å². The molecule has 288 valence electrons. The lowest BCUT2D eigenvalue weighted by atomic mass is 9.85. The zero-order valence-corrected chi connectivity index (χ0v) is 32.0. The summed E-state index contributed by atoms with van der Waals surface area (Å²) in [7, 11) is -3.93. The quantitative estimate of drug-likeness (QED) is 0.246. The minimum Gasteiger partial charge on any atom is -0.444 e. The number of likely N-dealkylation sites (tertiary alicyclic amines) is 1. The average Bonchev–Trinajstić information content (AvgIpc) is 3.91. The van der Waals surface area contributed by atoms with Crippen molar-refractivity contribution in [2.75, 3.05) is 11.9 Å². The first-order chi connectivity index (χ1) is 24.6. The predicted molar refractivity (Wildman–Crippen MR) is 196 cm³/mol. The van der Waals surface area contributed by atoms with Crippen molar-refractivity contribution in [1.29, 1.82) is 0 Å². The van der Waals surface area contributed by atoms with Crippen LogP contribution < -0.4 is 20.7 Å². The molecule has 0 radical (unpaired) electrons. The first-order valence-electron chi connectivity index (χ1n) is 17.7. The highest BCUT2D eigenvalue weighted by atomic mass is 32.2. The molecule has 53 heavy (non-hydrogen) atoms. The molecule has 2 unspecified atom stereocenters. The van der Waals surface area contributed by atoms with Crippen LogP contribution in [0.25, 0.3) is 5.69 Å². The predicted octanol–water partition coefficient (Wildman–Crippen LogP) is 3.91. The SMILES string of the molecule is C=CC1CC1(NC(=O)[C@@H]1C[C@@H](OC(=O)Nc2cc(C)ccc2-n2cccc2)CN1C(=O)[C@@H](NC(=O)OC(C)(C)C)C(C)(C)C)C(=O)NS(=O)(=O)C1CC1. The normalized spacial score (nSPS) is 23.3. The maximum absolute atomic E-state index is 14.4. The van der Waals surface area contributed by atoms with E-state index in [9.17, 15) is 32.4 Å². The molecular weight excluding hydrogens is 705 g/mol. The van der Waals surface area contributed by atoms with Crippen molar-refractivity contribution in [1.82, 2.24) is 24.8 Å². The number of benzene rings is 1. The summed E-state index contributed by atoms with van der Waals surface area (Å²) >= 11 is 0. The number of ether oxygens (including phenoxy) is 2. The molecular formula is C37H50N6O9S. The maximum atomic E-state index is 14.4. The number of aromatic nitrogens is 1. The van der Waals surface area contributed by atoms with Gasteiger partial charge < -0.3 is 29.6 Å². The summed E-state index contributed by atoms with van der Waals surface area (Å²) < 4.78 is 40.5. The van der Waals surface area contributed by atoms with Crippen LogP contribution in [-0.4, -0.2) is 88.9 Å². The van der Waals surface area contributed by atoms with Gasteiger partial charge in [-0.25, -0.2) is 18.0 Å². The van der Waals surface area contributed by atoms with Crippen LogP contribution in [0, 0.1) is 18.3 Å². The number of carbonyl (C=O) groups is 5. The van der Waals surface area contributed by atoms with Crippen molar-refractivity contribution in [3.63, 3.8) is 0 Å². The molecule has 5 rings (SSSR count). The molecule has 1 aromatic carbocycles.